The maximum atomic E-state index is 13.8. The number of nitrogens with zero attached hydrogens (tertiary/aromatic N) is 1. The zero-order valence-electron chi connectivity index (χ0n) is 26.7. The number of hydrogen-bond acceptors (Lipinski definition) is 10. The quantitative estimate of drug-likeness (QED) is 0.301. The fourth-order valence-corrected chi connectivity index (χ4v) is 5.76. The molecule has 0 aromatic rings. The van der Waals surface area contributed by atoms with Gasteiger partial charge in [0.25, 0.3) is 5.91 Å². The highest BCUT2D eigenvalue weighted by atomic mass is 16.6. The smallest absolute Gasteiger partial charge is 0.405 e. The molecule has 2 bridgehead atoms. The van der Waals surface area contributed by atoms with Crippen LogP contribution in [0.5, 0.6) is 0 Å². The fraction of sp³-hybridized carbons (Fsp3) is 0.531. The Kier molecular flexibility index (Phi) is 12.3. The molecule has 2 aliphatic heterocycles. The SMILES string of the molecule is CO[C@H]1/C=C\C=C(/C)C(=O)NC2=CC(=O)C(N3CCC3)=C(C[C@@H](C)C[C@H](OC)[C@H](OC(N)=O)[C@@H](C)/C=C(\C)[C@@H]1OC(N)=O)C2=O. The van der Waals surface area contributed by atoms with Crippen molar-refractivity contribution in [2.75, 3.05) is 27.3 Å². The minimum absolute atomic E-state index is 0.109. The Bertz CT molecular complexity index is 1340. The van der Waals surface area contributed by atoms with Crippen molar-refractivity contribution in [1.82, 2.24) is 10.2 Å². The van der Waals surface area contributed by atoms with Gasteiger partial charge in [-0.1, -0.05) is 38.2 Å². The van der Waals surface area contributed by atoms with E-state index in [1.807, 2.05) is 11.8 Å². The first kappa shape index (κ1) is 35.3. The van der Waals surface area contributed by atoms with Gasteiger partial charge >= 0.3 is 12.2 Å². The lowest BCUT2D eigenvalue weighted by atomic mass is 9.84. The topological polar surface area (TPSA) is 190 Å². The molecule has 1 saturated heterocycles. The lowest BCUT2D eigenvalue weighted by Gasteiger charge is -2.37. The Balaban J connectivity index is 2.13. The van der Waals surface area contributed by atoms with Gasteiger partial charge in [0, 0.05) is 50.4 Å². The number of allylic oxidation sites excluding steroid dienone is 4. The molecule has 5 N–H and O–H groups in total. The summed E-state index contributed by atoms with van der Waals surface area (Å²) in [6.07, 6.45) is 3.61. The van der Waals surface area contributed by atoms with Crippen LogP contribution in [0.15, 0.2) is 58.5 Å². The molecule has 0 aromatic heterocycles. The predicted molar refractivity (Wildman–Crippen MR) is 164 cm³/mol. The second kappa shape index (κ2) is 15.7. The molecule has 45 heavy (non-hydrogen) atoms. The Labute approximate surface area is 263 Å². The molecule has 3 rings (SSSR count). The maximum Gasteiger partial charge on any atom is 0.405 e. The molecular formula is C32H44N4O9. The number of Topliss-reactive ketones (excluding diaryl/α,β-unsaturated/α-hetero) is 1. The highest BCUT2D eigenvalue weighted by Gasteiger charge is 2.37. The van der Waals surface area contributed by atoms with Crippen LogP contribution in [-0.2, 0) is 33.3 Å². The van der Waals surface area contributed by atoms with Crippen molar-refractivity contribution in [2.45, 2.75) is 71.4 Å². The molecule has 6 atom stereocenters. The number of ether oxygens (including phenoxy) is 4. The van der Waals surface area contributed by atoms with E-state index in [2.05, 4.69) is 5.32 Å². The molecule has 1 fully saturated rings. The highest BCUT2D eigenvalue weighted by molar-refractivity contribution is 6.23. The number of primary amides is 2. The molecule has 246 valence electrons. The summed E-state index contributed by atoms with van der Waals surface area (Å²) < 4.78 is 22.3. The van der Waals surface area contributed by atoms with E-state index in [0.29, 0.717) is 36.4 Å². The second-order valence-electron chi connectivity index (χ2n) is 11.7. The van der Waals surface area contributed by atoms with Crippen molar-refractivity contribution in [3.05, 3.63) is 58.5 Å². The molecule has 0 saturated carbocycles. The minimum atomic E-state index is -1.03. The third kappa shape index (κ3) is 8.92. The molecule has 0 radical (unpaired) electrons. The van der Waals surface area contributed by atoms with Gasteiger partial charge in [-0.05, 0) is 44.6 Å². The Morgan fingerprint density at radius 2 is 1.67 bits per heavy atom. The van der Waals surface area contributed by atoms with Crippen molar-refractivity contribution in [3.63, 3.8) is 0 Å². The largest absolute Gasteiger partial charge is 0.443 e. The number of ketones is 2. The van der Waals surface area contributed by atoms with Crippen LogP contribution < -0.4 is 16.8 Å². The fourth-order valence-electron chi connectivity index (χ4n) is 5.76. The standard InChI is InChI=1S/C32H44N4O9/c1-17-13-21-26(36-11-8-12-36)23(37)16-22(27(21)38)35-30(39)18(2)9-7-10-24(42-5)28(44-31(33)40)19(3)15-20(4)29(45-32(34)41)25(14-17)43-6/h7,9-10,15-17,20,24-25,28-29H,8,11-14H2,1-6H3,(H2,33,40)(H2,34,41)(H,35,39)/b10-7-,18-9+,19-15+/t17-,20+,24+,25+,28+,29-/m1/s1. The number of hydrogen-bond donors (Lipinski definition) is 3. The first-order valence-electron chi connectivity index (χ1n) is 14.9. The summed E-state index contributed by atoms with van der Waals surface area (Å²) in [6.45, 7) is 8.26. The van der Waals surface area contributed by atoms with Gasteiger partial charge in [0.1, 0.15) is 12.2 Å². The van der Waals surface area contributed by atoms with E-state index in [1.54, 1.807) is 39.0 Å². The summed E-state index contributed by atoms with van der Waals surface area (Å²) in [5.74, 6) is -2.09. The number of nitrogens with one attached hydrogen (secondary N) is 1. The summed E-state index contributed by atoms with van der Waals surface area (Å²) in [4.78, 5) is 65.9. The first-order valence-corrected chi connectivity index (χ1v) is 14.9. The Morgan fingerprint density at radius 3 is 2.22 bits per heavy atom. The van der Waals surface area contributed by atoms with E-state index in [1.165, 1.54) is 26.4 Å². The number of amides is 3. The van der Waals surface area contributed by atoms with E-state index < -0.39 is 54.2 Å². The lowest BCUT2D eigenvalue weighted by molar-refractivity contribution is -0.120. The Hall–Kier alpha value is -4.23. The number of carbonyl (C=O) groups is 5. The van der Waals surface area contributed by atoms with Gasteiger partial charge in [0.15, 0.2) is 6.10 Å². The minimum Gasteiger partial charge on any atom is -0.443 e. The van der Waals surface area contributed by atoms with Crippen LogP contribution in [0.1, 0.15) is 47.0 Å². The average molecular weight is 629 g/mol. The van der Waals surface area contributed by atoms with Crippen LogP contribution in [0.4, 0.5) is 9.59 Å². The average Bonchev–Trinajstić information content (AvgIpc) is 2.94. The third-order valence-corrected chi connectivity index (χ3v) is 8.15. The number of methoxy groups -OCH3 is 2. The van der Waals surface area contributed by atoms with Crippen molar-refractivity contribution in [3.8, 4) is 0 Å². The van der Waals surface area contributed by atoms with Crippen LogP contribution in [0, 0.1) is 11.8 Å². The number of fused-ring (bicyclic) bond motifs is 2. The predicted octanol–water partition coefficient (Wildman–Crippen LogP) is 2.57. The number of likely N-dealkylation sites (tertiary alicyclic amines) is 1. The van der Waals surface area contributed by atoms with Gasteiger partial charge in [0.2, 0.25) is 11.6 Å². The molecule has 1 aliphatic carbocycles. The molecule has 13 heteroatoms. The highest BCUT2D eigenvalue weighted by Crippen LogP contribution is 2.32. The molecule has 0 unspecified atom stereocenters. The Morgan fingerprint density at radius 1 is 1.00 bits per heavy atom. The van der Waals surface area contributed by atoms with Gasteiger partial charge < -0.3 is 40.6 Å². The van der Waals surface area contributed by atoms with Crippen molar-refractivity contribution >= 4 is 29.7 Å². The van der Waals surface area contributed by atoms with Gasteiger partial charge in [0.05, 0.1) is 17.5 Å². The van der Waals surface area contributed by atoms with Crippen molar-refractivity contribution in [2.24, 2.45) is 23.3 Å². The summed E-state index contributed by atoms with van der Waals surface area (Å²) in [5.41, 5.74) is 12.2. The number of carbonyl (C=O) groups excluding carboxylic acids is 5. The van der Waals surface area contributed by atoms with Crippen LogP contribution in [0.25, 0.3) is 0 Å². The van der Waals surface area contributed by atoms with E-state index in [9.17, 15) is 24.0 Å². The summed E-state index contributed by atoms with van der Waals surface area (Å²) in [7, 11) is 2.89. The van der Waals surface area contributed by atoms with Gasteiger partial charge in [-0.3, -0.25) is 14.4 Å². The molecular weight excluding hydrogens is 584 g/mol. The number of rotatable bonds is 5. The van der Waals surface area contributed by atoms with Crippen LogP contribution >= 0.6 is 0 Å². The zero-order valence-corrected chi connectivity index (χ0v) is 26.7. The lowest BCUT2D eigenvalue weighted by Crippen LogP contribution is -2.43. The summed E-state index contributed by atoms with van der Waals surface area (Å²) in [5, 5.41) is 2.60. The molecule has 2 heterocycles. The van der Waals surface area contributed by atoms with E-state index >= 15 is 0 Å². The monoisotopic (exact) mass is 628 g/mol. The van der Waals surface area contributed by atoms with E-state index in [0.717, 1.165) is 6.42 Å². The van der Waals surface area contributed by atoms with E-state index in [4.69, 9.17) is 30.4 Å². The van der Waals surface area contributed by atoms with Crippen molar-refractivity contribution < 1.29 is 42.9 Å². The summed E-state index contributed by atoms with van der Waals surface area (Å²) in [6, 6.07) is 0. The zero-order chi connectivity index (χ0) is 33.4. The molecule has 3 aliphatic rings. The molecule has 0 aromatic carbocycles. The molecule has 0 spiro atoms. The van der Waals surface area contributed by atoms with Crippen LogP contribution in [-0.4, -0.2) is 86.3 Å². The molecule has 3 amide bonds. The van der Waals surface area contributed by atoms with Gasteiger partial charge in [-0.2, -0.15) is 0 Å². The van der Waals surface area contributed by atoms with Gasteiger partial charge in [-0.15, -0.1) is 0 Å². The van der Waals surface area contributed by atoms with E-state index in [-0.39, 0.29) is 29.4 Å². The van der Waals surface area contributed by atoms with Crippen LogP contribution in [0.2, 0.25) is 0 Å². The second-order valence-corrected chi connectivity index (χ2v) is 11.7. The maximum absolute atomic E-state index is 13.8. The molecule has 13 nitrogen and oxygen atoms in total. The summed E-state index contributed by atoms with van der Waals surface area (Å²) >= 11 is 0. The first-order chi connectivity index (χ1) is 21.3. The van der Waals surface area contributed by atoms with Gasteiger partial charge in [-0.25, -0.2) is 9.59 Å². The normalized spacial score (nSPS) is 31.8. The third-order valence-electron chi connectivity index (χ3n) is 8.15. The number of nitrogens with two attached hydrogens (primary N) is 2. The van der Waals surface area contributed by atoms with Crippen molar-refractivity contribution in [1.29, 1.82) is 0 Å². The van der Waals surface area contributed by atoms with Crippen LogP contribution in [0.3, 0.4) is 0 Å².